The number of likely N-dealkylation sites (tertiary alicyclic amines) is 2. The predicted octanol–water partition coefficient (Wildman–Crippen LogP) is 2.47. The Kier molecular flexibility index (Phi) is 5.36. The highest BCUT2D eigenvalue weighted by atomic mass is 15.2. The van der Waals surface area contributed by atoms with Crippen molar-refractivity contribution in [2.24, 2.45) is 0 Å². The van der Waals surface area contributed by atoms with E-state index in [4.69, 9.17) is 0 Å². The molecular weight excluding hydrogens is 246 g/mol. The van der Waals surface area contributed by atoms with E-state index in [0.29, 0.717) is 0 Å². The van der Waals surface area contributed by atoms with Crippen LogP contribution in [0.1, 0.15) is 57.8 Å². The van der Waals surface area contributed by atoms with Crippen molar-refractivity contribution in [1.29, 1.82) is 0 Å². The number of piperidine rings is 2. The summed E-state index contributed by atoms with van der Waals surface area (Å²) in [6, 6.07) is 2.53. The van der Waals surface area contributed by atoms with Crippen LogP contribution >= 0.6 is 0 Å². The maximum atomic E-state index is 3.75. The van der Waals surface area contributed by atoms with E-state index in [1.165, 1.54) is 84.0 Å². The highest BCUT2D eigenvalue weighted by Crippen LogP contribution is 2.23. The molecule has 20 heavy (non-hydrogen) atoms. The molecule has 0 bridgehead atoms. The van der Waals surface area contributed by atoms with E-state index in [0.717, 1.165) is 18.1 Å². The van der Waals surface area contributed by atoms with Gasteiger partial charge in [0.15, 0.2) is 0 Å². The molecule has 3 aliphatic rings. The largest absolute Gasteiger partial charge is 0.312 e. The number of hydrogen-bond acceptors (Lipinski definition) is 3. The normalized spacial score (nSPS) is 33.5. The van der Waals surface area contributed by atoms with Gasteiger partial charge in [0.2, 0.25) is 0 Å². The minimum absolute atomic E-state index is 0.818. The topological polar surface area (TPSA) is 18.5 Å². The van der Waals surface area contributed by atoms with E-state index in [-0.39, 0.29) is 0 Å². The van der Waals surface area contributed by atoms with Gasteiger partial charge in [-0.2, -0.15) is 0 Å². The van der Waals surface area contributed by atoms with Crippen LogP contribution < -0.4 is 5.32 Å². The summed E-state index contributed by atoms with van der Waals surface area (Å²) in [5.41, 5.74) is 0. The van der Waals surface area contributed by atoms with E-state index in [1.54, 1.807) is 0 Å². The van der Waals surface area contributed by atoms with Gasteiger partial charge in [-0.3, -0.25) is 4.90 Å². The van der Waals surface area contributed by atoms with Crippen molar-refractivity contribution in [2.75, 3.05) is 33.2 Å². The van der Waals surface area contributed by atoms with Crippen LogP contribution in [0.15, 0.2) is 0 Å². The van der Waals surface area contributed by atoms with Crippen LogP contribution in [0.5, 0.6) is 0 Å². The molecule has 2 heterocycles. The van der Waals surface area contributed by atoms with Crippen molar-refractivity contribution in [3.05, 3.63) is 0 Å². The lowest BCUT2D eigenvalue weighted by molar-refractivity contribution is 0.111. The first-order valence-corrected chi connectivity index (χ1v) is 9.00. The van der Waals surface area contributed by atoms with Crippen LogP contribution in [0.4, 0.5) is 0 Å². The minimum atomic E-state index is 0.818. The van der Waals surface area contributed by atoms with Crippen molar-refractivity contribution in [3.63, 3.8) is 0 Å². The molecule has 3 fully saturated rings. The lowest BCUT2D eigenvalue weighted by Crippen LogP contribution is -2.48. The van der Waals surface area contributed by atoms with Gasteiger partial charge in [-0.25, -0.2) is 0 Å². The van der Waals surface area contributed by atoms with Crippen molar-refractivity contribution in [1.82, 2.24) is 15.1 Å². The molecule has 3 heteroatoms. The fourth-order valence-corrected chi connectivity index (χ4v) is 4.00. The molecular formula is C17H33N3. The zero-order valence-electron chi connectivity index (χ0n) is 13.3. The molecule has 1 saturated carbocycles. The first-order valence-electron chi connectivity index (χ1n) is 9.00. The fourth-order valence-electron chi connectivity index (χ4n) is 4.00. The number of rotatable bonds is 6. The summed E-state index contributed by atoms with van der Waals surface area (Å²) < 4.78 is 0. The SMILES string of the molecule is CN1CCCCC1CCN1CCCCC1CNC1CC1. The van der Waals surface area contributed by atoms with E-state index in [1.807, 2.05) is 0 Å². The van der Waals surface area contributed by atoms with Gasteiger partial charge in [0.1, 0.15) is 0 Å². The van der Waals surface area contributed by atoms with Crippen LogP contribution in [0.2, 0.25) is 0 Å². The minimum Gasteiger partial charge on any atom is -0.312 e. The summed E-state index contributed by atoms with van der Waals surface area (Å²) in [6.45, 7) is 5.22. The third kappa shape index (κ3) is 4.19. The molecule has 0 aromatic carbocycles. The Morgan fingerprint density at radius 3 is 2.40 bits per heavy atom. The average Bonchev–Trinajstić information content (AvgIpc) is 3.29. The van der Waals surface area contributed by atoms with Crippen LogP contribution in [-0.2, 0) is 0 Å². The summed E-state index contributed by atoms with van der Waals surface area (Å²) in [4.78, 5) is 5.40. The van der Waals surface area contributed by atoms with Gasteiger partial charge in [-0.1, -0.05) is 12.8 Å². The maximum absolute atomic E-state index is 3.75. The molecule has 1 aliphatic carbocycles. The standard InChI is InChI=1S/C17H33N3/c1-19-11-4-2-6-16(19)10-13-20-12-5-3-7-17(20)14-18-15-8-9-15/h15-18H,2-14H2,1H3. The van der Waals surface area contributed by atoms with Crippen LogP contribution in [-0.4, -0.2) is 61.2 Å². The molecule has 0 spiro atoms. The number of hydrogen-bond donors (Lipinski definition) is 1. The van der Waals surface area contributed by atoms with Crippen molar-refractivity contribution >= 4 is 0 Å². The molecule has 2 saturated heterocycles. The summed E-state index contributed by atoms with van der Waals surface area (Å²) in [6.07, 6.45) is 12.8. The van der Waals surface area contributed by atoms with Crippen molar-refractivity contribution in [3.8, 4) is 0 Å². The van der Waals surface area contributed by atoms with E-state index < -0.39 is 0 Å². The molecule has 1 N–H and O–H groups in total. The highest BCUT2D eigenvalue weighted by molar-refractivity contribution is 4.86. The van der Waals surface area contributed by atoms with Crippen LogP contribution in [0.3, 0.4) is 0 Å². The molecule has 0 aromatic heterocycles. The van der Waals surface area contributed by atoms with Gasteiger partial charge in [0.05, 0.1) is 0 Å². The molecule has 0 aromatic rings. The second-order valence-corrected chi connectivity index (χ2v) is 7.29. The van der Waals surface area contributed by atoms with Crippen LogP contribution in [0, 0.1) is 0 Å². The molecule has 0 amide bonds. The smallest absolute Gasteiger partial charge is 0.0220 e. The molecule has 2 aliphatic heterocycles. The summed E-state index contributed by atoms with van der Waals surface area (Å²) in [5, 5.41) is 3.75. The van der Waals surface area contributed by atoms with E-state index in [9.17, 15) is 0 Å². The molecule has 116 valence electrons. The Labute approximate surface area is 125 Å². The molecule has 0 radical (unpaired) electrons. The molecule has 2 atom stereocenters. The second kappa shape index (κ2) is 7.24. The Morgan fingerprint density at radius 2 is 1.65 bits per heavy atom. The summed E-state index contributed by atoms with van der Waals surface area (Å²) in [7, 11) is 2.33. The lowest BCUT2D eigenvalue weighted by Gasteiger charge is -2.39. The maximum Gasteiger partial charge on any atom is 0.0220 e. The summed E-state index contributed by atoms with van der Waals surface area (Å²) >= 11 is 0. The molecule has 3 nitrogen and oxygen atoms in total. The third-order valence-corrected chi connectivity index (χ3v) is 5.64. The fraction of sp³-hybridized carbons (Fsp3) is 1.00. The number of nitrogens with one attached hydrogen (secondary N) is 1. The molecule has 3 rings (SSSR count). The van der Waals surface area contributed by atoms with Gasteiger partial charge < -0.3 is 10.2 Å². The van der Waals surface area contributed by atoms with Gasteiger partial charge in [0.25, 0.3) is 0 Å². The average molecular weight is 279 g/mol. The predicted molar refractivity (Wildman–Crippen MR) is 85.1 cm³/mol. The third-order valence-electron chi connectivity index (χ3n) is 5.64. The van der Waals surface area contributed by atoms with Gasteiger partial charge in [-0.05, 0) is 71.6 Å². The number of nitrogens with zero attached hydrogens (tertiary/aromatic N) is 2. The monoisotopic (exact) mass is 279 g/mol. The first-order chi connectivity index (χ1) is 9.83. The quantitative estimate of drug-likeness (QED) is 0.806. The highest BCUT2D eigenvalue weighted by Gasteiger charge is 2.27. The van der Waals surface area contributed by atoms with E-state index >= 15 is 0 Å². The first kappa shape index (κ1) is 14.8. The Morgan fingerprint density at radius 1 is 0.900 bits per heavy atom. The van der Waals surface area contributed by atoms with Crippen molar-refractivity contribution < 1.29 is 0 Å². The van der Waals surface area contributed by atoms with Gasteiger partial charge >= 0.3 is 0 Å². The summed E-state index contributed by atoms with van der Waals surface area (Å²) in [5.74, 6) is 0. The Hall–Kier alpha value is -0.120. The van der Waals surface area contributed by atoms with Gasteiger partial charge in [-0.15, -0.1) is 0 Å². The Balaban J connectivity index is 1.43. The van der Waals surface area contributed by atoms with Gasteiger partial charge in [0, 0.05) is 24.7 Å². The zero-order chi connectivity index (χ0) is 13.8. The van der Waals surface area contributed by atoms with Crippen LogP contribution in [0.25, 0.3) is 0 Å². The lowest BCUT2D eigenvalue weighted by atomic mass is 9.97. The molecule has 2 unspecified atom stereocenters. The van der Waals surface area contributed by atoms with E-state index in [2.05, 4.69) is 22.2 Å². The second-order valence-electron chi connectivity index (χ2n) is 7.29. The Bertz CT molecular complexity index is 290. The zero-order valence-corrected chi connectivity index (χ0v) is 13.3. The van der Waals surface area contributed by atoms with Crippen molar-refractivity contribution in [2.45, 2.75) is 75.9 Å².